The Morgan fingerprint density at radius 3 is 2.80 bits per heavy atom. The maximum atomic E-state index is 11.6. The van der Waals surface area contributed by atoms with E-state index in [2.05, 4.69) is 10.6 Å². The molecule has 1 amide bonds. The Bertz CT molecular complexity index is 191. The third-order valence-electron chi connectivity index (χ3n) is 2.69. The monoisotopic (exact) mass is 214 g/mol. The lowest BCUT2D eigenvalue weighted by atomic mass is 10.0. The minimum Gasteiger partial charge on any atom is -0.384 e. The second-order valence-electron chi connectivity index (χ2n) is 4.36. The molecule has 1 aliphatic rings. The fourth-order valence-electron chi connectivity index (χ4n) is 1.91. The van der Waals surface area contributed by atoms with Crippen molar-refractivity contribution in [2.45, 2.75) is 32.2 Å². The molecule has 0 aliphatic carbocycles. The van der Waals surface area contributed by atoms with Crippen LogP contribution in [-0.4, -0.2) is 38.8 Å². The molecule has 1 saturated heterocycles. The average molecular weight is 214 g/mol. The summed E-state index contributed by atoms with van der Waals surface area (Å²) >= 11 is 0. The lowest BCUT2D eigenvalue weighted by molar-refractivity contribution is -0.123. The molecule has 1 rings (SSSR count). The van der Waals surface area contributed by atoms with Crippen LogP contribution in [0.1, 0.15) is 26.2 Å². The molecule has 1 aliphatic heterocycles. The summed E-state index contributed by atoms with van der Waals surface area (Å²) in [6.07, 6.45) is 2.66. The first kappa shape index (κ1) is 12.5. The number of nitrogens with one attached hydrogen (secondary N) is 2. The molecule has 0 radical (unpaired) electrons. The fourth-order valence-corrected chi connectivity index (χ4v) is 1.91. The quantitative estimate of drug-likeness (QED) is 0.702. The summed E-state index contributed by atoms with van der Waals surface area (Å²) in [5, 5.41) is 6.35. The summed E-state index contributed by atoms with van der Waals surface area (Å²) in [5.41, 5.74) is 0. The van der Waals surface area contributed by atoms with Gasteiger partial charge in [-0.25, -0.2) is 0 Å². The summed E-state index contributed by atoms with van der Waals surface area (Å²) < 4.78 is 5.00. The van der Waals surface area contributed by atoms with Gasteiger partial charge in [0.1, 0.15) is 0 Å². The standard InChI is InChI=1S/C11H22N2O2/c1-9(8-15-2)7-11(14)13-10-3-5-12-6-4-10/h9-10,12H,3-8H2,1-2H3,(H,13,14). The molecule has 1 unspecified atom stereocenters. The molecule has 1 fully saturated rings. The molecule has 0 aromatic rings. The highest BCUT2D eigenvalue weighted by atomic mass is 16.5. The van der Waals surface area contributed by atoms with E-state index in [-0.39, 0.29) is 5.91 Å². The number of methoxy groups -OCH3 is 1. The van der Waals surface area contributed by atoms with Crippen molar-refractivity contribution in [3.8, 4) is 0 Å². The van der Waals surface area contributed by atoms with Crippen LogP contribution >= 0.6 is 0 Å². The maximum absolute atomic E-state index is 11.6. The van der Waals surface area contributed by atoms with Crippen molar-refractivity contribution in [1.82, 2.24) is 10.6 Å². The number of hydrogen-bond acceptors (Lipinski definition) is 3. The summed E-state index contributed by atoms with van der Waals surface area (Å²) in [6, 6.07) is 0.369. The summed E-state index contributed by atoms with van der Waals surface area (Å²) in [4.78, 5) is 11.6. The molecule has 0 aromatic heterocycles. The van der Waals surface area contributed by atoms with Crippen LogP contribution in [0.2, 0.25) is 0 Å². The van der Waals surface area contributed by atoms with Crippen LogP contribution in [-0.2, 0) is 9.53 Å². The number of amides is 1. The molecule has 0 aromatic carbocycles. The highest BCUT2D eigenvalue weighted by Crippen LogP contribution is 2.05. The van der Waals surface area contributed by atoms with Gasteiger partial charge in [-0.1, -0.05) is 6.92 Å². The van der Waals surface area contributed by atoms with Gasteiger partial charge in [0.05, 0.1) is 0 Å². The predicted octanol–water partition coefficient (Wildman–Crippen LogP) is 0.527. The van der Waals surface area contributed by atoms with Crippen molar-refractivity contribution in [2.24, 2.45) is 5.92 Å². The van der Waals surface area contributed by atoms with E-state index in [4.69, 9.17) is 4.74 Å². The van der Waals surface area contributed by atoms with Crippen LogP contribution in [0.4, 0.5) is 0 Å². The van der Waals surface area contributed by atoms with Gasteiger partial charge < -0.3 is 15.4 Å². The average Bonchev–Trinajstić information content (AvgIpc) is 2.19. The molecule has 0 saturated carbocycles. The van der Waals surface area contributed by atoms with E-state index in [0.29, 0.717) is 25.0 Å². The van der Waals surface area contributed by atoms with Crippen LogP contribution < -0.4 is 10.6 Å². The van der Waals surface area contributed by atoms with Gasteiger partial charge in [-0.05, 0) is 31.8 Å². The highest BCUT2D eigenvalue weighted by molar-refractivity contribution is 5.76. The van der Waals surface area contributed by atoms with Gasteiger partial charge in [0.2, 0.25) is 5.91 Å². The van der Waals surface area contributed by atoms with Gasteiger partial charge in [0.25, 0.3) is 0 Å². The third kappa shape index (κ3) is 5.14. The normalized spacial score (nSPS) is 19.9. The Morgan fingerprint density at radius 1 is 1.53 bits per heavy atom. The molecule has 2 N–H and O–H groups in total. The minimum absolute atomic E-state index is 0.159. The number of ether oxygens (including phenoxy) is 1. The second kappa shape index (κ2) is 6.80. The number of carbonyl (C=O) groups excluding carboxylic acids is 1. The molecule has 0 spiro atoms. The zero-order chi connectivity index (χ0) is 11.1. The van der Waals surface area contributed by atoms with Crippen molar-refractivity contribution in [1.29, 1.82) is 0 Å². The van der Waals surface area contributed by atoms with Gasteiger partial charge in [-0.2, -0.15) is 0 Å². The first-order chi connectivity index (χ1) is 7.22. The van der Waals surface area contributed by atoms with Crippen molar-refractivity contribution in [3.05, 3.63) is 0 Å². The first-order valence-corrected chi connectivity index (χ1v) is 5.71. The predicted molar refractivity (Wildman–Crippen MR) is 59.7 cm³/mol. The Hall–Kier alpha value is -0.610. The van der Waals surface area contributed by atoms with Gasteiger partial charge in [-0.15, -0.1) is 0 Å². The Labute approximate surface area is 91.8 Å². The van der Waals surface area contributed by atoms with E-state index < -0.39 is 0 Å². The van der Waals surface area contributed by atoms with Gasteiger partial charge in [0.15, 0.2) is 0 Å². The third-order valence-corrected chi connectivity index (χ3v) is 2.69. The van der Waals surface area contributed by atoms with Crippen LogP contribution in [0, 0.1) is 5.92 Å². The van der Waals surface area contributed by atoms with Gasteiger partial charge in [-0.3, -0.25) is 4.79 Å². The Balaban J connectivity index is 2.16. The summed E-state index contributed by atoms with van der Waals surface area (Å²) in [5.74, 6) is 0.461. The number of hydrogen-bond donors (Lipinski definition) is 2. The summed E-state index contributed by atoms with van der Waals surface area (Å²) in [6.45, 7) is 4.71. The molecule has 15 heavy (non-hydrogen) atoms. The molecule has 0 bridgehead atoms. The molecular formula is C11H22N2O2. The van der Waals surface area contributed by atoms with Crippen molar-refractivity contribution >= 4 is 5.91 Å². The minimum atomic E-state index is 0.159. The Kier molecular flexibility index (Phi) is 5.65. The van der Waals surface area contributed by atoms with Gasteiger partial charge >= 0.3 is 0 Å². The van der Waals surface area contributed by atoms with E-state index in [1.54, 1.807) is 7.11 Å². The lowest BCUT2D eigenvalue weighted by Crippen LogP contribution is -2.43. The zero-order valence-corrected chi connectivity index (χ0v) is 9.71. The van der Waals surface area contributed by atoms with Crippen LogP contribution in [0.15, 0.2) is 0 Å². The van der Waals surface area contributed by atoms with E-state index in [0.717, 1.165) is 25.9 Å². The highest BCUT2D eigenvalue weighted by Gasteiger charge is 2.16. The van der Waals surface area contributed by atoms with E-state index in [1.165, 1.54) is 0 Å². The maximum Gasteiger partial charge on any atom is 0.220 e. The number of rotatable bonds is 5. The van der Waals surface area contributed by atoms with Crippen molar-refractivity contribution in [2.75, 3.05) is 26.8 Å². The summed E-state index contributed by atoms with van der Waals surface area (Å²) in [7, 11) is 1.67. The molecule has 88 valence electrons. The SMILES string of the molecule is COCC(C)CC(=O)NC1CCNCC1. The lowest BCUT2D eigenvalue weighted by Gasteiger charge is -2.24. The van der Waals surface area contributed by atoms with Crippen LogP contribution in [0.5, 0.6) is 0 Å². The van der Waals surface area contributed by atoms with E-state index in [1.807, 2.05) is 6.92 Å². The van der Waals surface area contributed by atoms with E-state index >= 15 is 0 Å². The Morgan fingerprint density at radius 2 is 2.20 bits per heavy atom. The van der Waals surface area contributed by atoms with E-state index in [9.17, 15) is 4.79 Å². The smallest absolute Gasteiger partial charge is 0.220 e. The first-order valence-electron chi connectivity index (χ1n) is 5.71. The molecule has 4 heteroatoms. The topological polar surface area (TPSA) is 50.4 Å². The number of piperidine rings is 1. The molecule has 4 nitrogen and oxygen atoms in total. The van der Waals surface area contributed by atoms with Crippen LogP contribution in [0.3, 0.4) is 0 Å². The van der Waals surface area contributed by atoms with Crippen LogP contribution in [0.25, 0.3) is 0 Å². The molecule has 1 heterocycles. The second-order valence-corrected chi connectivity index (χ2v) is 4.36. The molecule has 1 atom stereocenters. The number of carbonyl (C=O) groups is 1. The van der Waals surface area contributed by atoms with Gasteiger partial charge in [0, 0.05) is 26.2 Å². The fraction of sp³-hybridized carbons (Fsp3) is 0.909. The largest absolute Gasteiger partial charge is 0.384 e. The zero-order valence-electron chi connectivity index (χ0n) is 9.71. The van der Waals surface area contributed by atoms with Crippen molar-refractivity contribution in [3.63, 3.8) is 0 Å². The van der Waals surface area contributed by atoms with Crippen molar-refractivity contribution < 1.29 is 9.53 Å². The molecular weight excluding hydrogens is 192 g/mol.